The topological polar surface area (TPSA) is 134 Å². The van der Waals surface area contributed by atoms with E-state index in [0.29, 0.717) is 47.2 Å². The Hall–Kier alpha value is -5.64. The van der Waals surface area contributed by atoms with Crippen molar-refractivity contribution in [1.82, 2.24) is 0 Å². The second kappa shape index (κ2) is 15.3. The molecule has 0 saturated heterocycles. The van der Waals surface area contributed by atoms with Crippen LogP contribution in [0.15, 0.2) is 109 Å². The molecule has 1 aliphatic carbocycles. The van der Waals surface area contributed by atoms with Crippen molar-refractivity contribution in [3.63, 3.8) is 0 Å². The van der Waals surface area contributed by atoms with E-state index in [2.05, 4.69) is 0 Å². The van der Waals surface area contributed by atoms with Crippen LogP contribution >= 0.6 is 0 Å². The second-order valence-corrected chi connectivity index (χ2v) is 11.6. The maximum Gasteiger partial charge on any atom is 0.308 e. The van der Waals surface area contributed by atoms with Crippen LogP contribution in [-0.4, -0.2) is 47.1 Å². The number of rotatable bonds is 14. The van der Waals surface area contributed by atoms with Crippen LogP contribution in [0, 0.1) is 23.7 Å². The highest BCUT2D eigenvalue weighted by atomic mass is 16.5. The molecule has 4 unspecified atom stereocenters. The SMILES string of the molecule is CCCN(C(=O)C1C(C(=O)O)C(C(=O)O)C1C(=O)N(CCC)c1ccc(Oc2ccccc2)cc1)c1ccc(Oc2ccccc2)cc1. The molecule has 1 saturated carbocycles. The number of hydrogen-bond donors (Lipinski definition) is 2. The molecule has 1 fully saturated rings. The summed E-state index contributed by atoms with van der Waals surface area (Å²) < 4.78 is 11.7. The lowest BCUT2D eigenvalue weighted by atomic mass is 9.55. The first-order valence-corrected chi connectivity index (χ1v) is 16.0. The number of anilines is 2. The zero-order valence-corrected chi connectivity index (χ0v) is 26.8. The van der Waals surface area contributed by atoms with Gasteiger partial charge in [-0.2, -0.15) is 0 Å². The molecule has 4 aromatic rings. The number of carboxylic acid groups (broad SMARTS) is 2. The van der Waals surface area contributed by atoms with Crippen molar-refractivity contribution < 1.29 is 38.9 Å². The maximum absolute atomic E-state index is 14.3. The Labute approximate surface area is 279 Å². The van der Waals surface area contributed by atoms with Gasteiger partial charge in [-0.3, -0.25) is 19.2 Å². The number of nitrogens with zero attached hydrogens (tertiary/aromatic N) is 2. The van der Waals surface area contributed by atoms with Crippen LogP contribution in [-0.2, 0) is 19.2 Å². The molecule has 10 nitrogen and oxygen atoms in total. The first-order valence-electron chi connectivity index (χ1n) is 16.0. The molecule has 2 N–H and O–H groups in total. The molecule has 10 heteroatoms. The normalized spacial score (nSPS) is 18.2. The minimum absolute atomic E-state index is 0.237. The molecule has 0 spiro atoms. The van der Waals surface area contributed by atoms with Crippen molar-refractivity contribution in [1.29, 1.82) is 0 Å². The van der Waals surface area contributed by atoms with Crippen LogP contribution in [0.4, 0.5) is 11.4 Å². The van der Waals surface area contributed by atoms with E-state index < -0.39 is 47.4 Å². The average Bonchev–Trinajstić information content (AvgIpc) is 3.07. The van der Waals surface area contributed by atoms with Gasteiger partial charge in [0.05, 0.1) is 23.7 Å². The van der Waals surface area contributed by atoms with Gasteiger partial charge in [-0.05, 0) is 85.6 Å². The van der Waals surface area contributed by atoms with Crippen molar-refractivity contribution in [3.8, 4) is 23.0 Å². The third-order valence-corrected chi connectivity index (χ3v) is 8.37. The molecule has 0 aliphatic heterocycles. The fourth-order valence-electron chi connectivity index (χ4n) is 6.15. The van der Waals surface area contributed by atoms with Gasteiger partial charge < -0.3 is 29.5 Å². The Bertz CT molecular complexity index is 1580. The van der Waals surface area contributed by atoms with Crippen molar-refractivity contribution >= 4 is 35.1 Å². The predicted molar refractivity (Wildman–Crippen MR) is 180 cm³/mol. The largest absolute Gasteiger partial charge is 0.481 e. The minimum Gasteiger partial charge on any atom is -0.481 e. The van der Waals surface area contributed by atoms with E-state index >= 15 is 0 Å². The van der Waals surface area contributed by atoms with Gasteiger partial charge in [0.15, 0.2) is 0 Å². The summed E-state index contributed by atoms with van der Waals surface area (Å²) in [6.07, 6.45) is 1.08. The van der Waals surface area contributed by atoms with Crippen LogP contribution in [0.1, 0.15) is 26.7 Å². The number of amides is 2. The Morgan fingerprint density at radius 3 is 1.10 bits per heavy atom. The second-order valence-electron chi connectivity index (χ2n) is 11.6. The highest BCUT2D eigenvalue weighted by molar-refractivity contribution is 6.08. The zero-order valence-electron chi connectivity index (χ0n) is 26.8. The number of carbonyl (C=O) groups excluding carboxylic acids is 2. The predicted octanol–water partition coefficient (Wildman–Crippen LogP) is 7.11. The minimum atomic E-state index is -1.57. The lowest BCUT2D eigenvalue weighted by Crippen LogP contribution is -2.64. The van der Waals surface area contributed by atoms with Gasteiger partial charge in [-0.15, -0.1) is 0 Å². The highest BCUT2D eigenvalue weighted by Crippen LogP contribution is 2.49. The molecule has 1 aliphatic rings. The van der Waals surface area contributed by atoms with Gasteiger partial charge >= 0.3 is 11.9 Å². The quantitative estimate of drug-likeness (QED) is 0.148. The summed E-state index contributed by atoms with van der Waals surface area (Å²) in [5.74, 6) is -7.66. The molecular formula is C38H38N2O8. The van der Waals surface area contributed by atoms with Gasteiger partial charge in [-0.1, -0.05) is 50.2 Å². The molecule has 48 heavy (non-hydrogen) atoms. The summed E-state index contributed by atoms with van der Waals surface area (Å²) in [6, 6.07) is 32.0. The van der Waals surface area contributed by atoms with Crippen LogP contribution in [0.2, 0.25) is 0 Å². The summed E-state index contributed by atoms with van der Waals surface area (Å²) in [7, 11) is 0. The molecule has 0 bridgehead atoms. The first-order chi connectivity index (χ1) is 23.2. The summed E-state index contributed by atoms with van der Waals surface area (Å²) in [4.78, 5) is 56.4. The number of carbonyl (C=O) groups is 4. The van der Waals surface area contributed by atoms with E-state index in [0.717, 1.165) is 0 Å². The van der Waals surface area contributed by atoms with Crippen molar-refractivity contribution in [2.75, 3.05) is 22.9 Å². The number of hydrogen-bond acceptors (Lipinski definition) is 6. The van der Waals surface area contributed by atoms with Crippen LogP contribution in [0.3, 0.4) is 0 Å². The zero-order chi connectivity index (χ0) is 34.2. The molecular weight excluding hydrogens is 612 g/mol. The lowest BCUT2D eigenvalue weighted by molar-refractivity contribution is -0.180. The molecule has 0 heterocycles. The standard InChI is InChI=1S/C38H38N2O8/c1-3-23-39(25-15-19-29(20-16-25)47-27-11-7-5-8-12-27)35(41)31-32(34(38(45)46)33(31)37(43)44)36(42)40(24-4-2)26-17-21-30(22-18-26)48-28-13-9-6-10-14-28/h5-22,31-34H,3-4,23-24H2,1-2H3,(H,43,44)(H,45,46). The van der Waals surface area contributed by atoms with Crippen molar-refractivity contribution in [2.24, 2.45) is 23.7 Å². The fraction of sp³-hybridized carbons (Fsp3) is 0.263. The molecule has 0 aromatic heterocycles. The van der Waals surface area contributed by atoms with Gasteiger partial charge in [0.1, 0.15) is 23.0 Å². The molecule has 0 radical (unpaired) electrons. The monoisotopic (exact) mass is 650 g/mol. The van der Waals surface area contributed by atoms with E-state index in [-0.39, 0.29) is 13.1 Å². The van der Waals surface area contributed by atoms with Crippen LogP contribution in [0.5, 0.6) is 23.0 Å². The maximum atomic E-state index is 14.3. The van der Waals surface area contributed by atoms with Crippen molar-refractivity contribution in [2.45, 2.75) is 26.7 Å². The van der Waals surface area contributed by atoms with Crippen LogP contribution < -0.4 is 19.3 Å². The summed E-state index contributed by atoms with van der Waals surface area (Å²) >= 11 is 0. The average molecular weight is 651 g/mol. The smallest absolute Gasteiger partial charge is 0.308 e. The molecule has 2 amide bonds. The molecule has 4 aromatic carbocycles. The third-order valence-electron chi connectivity index (χ3n) is 8.37. The molecule has 4 atom stereocenters. The van der Waals surface area contributed by atoms with Gasteiger partial charge in [0.25, 0.3) is 0 Å². The van der Waals surface area contributed by atoms with Gasteiger partial charge in [-0.25, -0.2) is 0 Å². The summed E-state index contributed by atoms with van der Waals surface area (Å²) in [6.45, 7) is 4.22. The Morgan fingerprint density at radius 1 is 0.500 bits per heavy atom. The van der Waals surface area contributed by atoms with E-state index in [1.165, 1.54) is 9.80 Å². The van der Waals surface area contributed by atoms with Gasteiger partial charge in [0, 0.05) is 24.5 Å². The fourth-order valence-corrected chi connectivity index (χ4v) is 6.15. The number of benzene rings is 4. The summed E-state index contributed by atoms with van der Waals surface area (Å²) in [5, 5.41) is 20.3. The Morgan fingerprint density at radius 2 is 0.812 bits per heavy atom. The third kappa shape index (κ3) is 7.33. The molecule has 248 valence electrons. The lowest BCUT2D eigenvalue weighted by Gasteiger charge is -2.48. The van der Waals surface area contributed by atoms with Gasteiger partial charge in [0.2, 0.25) is 11.8 Å². The van der Waals surface area contributed by atoms with E-state index in [1.54, 1.807) is 48.5 Å². The highest BCUT2D eigenvalue weighted by Gasteiger charge is 2.65. The number of aliphatic carboxylic acids is 2. The summed E-state index contributed by atoms with van der Waals surface area (Å²) in [5.41, 5.74) is 0.964. The number of carboxylic acids is 2. The molecule has 5 rings (SSSR count). The van der Waals surface area contributed by atoms with E-state index in [1.807, 2.05) is 74.5 Å². The van der Waals surface area contributed by atoms with E-state index in [9.17, 15) is 29.4 Å². The van der Waals surface area contributed by atoms with Crippen LogP contribution in [0.25, 0.3) is 0 Å². The number of ether oxygens (including phenoxy) is 2. The van der Waals surface area contributed by atoms with Crippen molar-refractivity contribution in [3.05, 3.63) is 109 Å². The Kier molecular flexibility index (Phi) is 10.7. The van der Waals surface area contributed by atoms with E-state index in [4.69, 9.17) is 9.47 Å². The Balaban J connectivity index is 1.43. The first kappa shape index (κ1) is 33.7. The number of para-hydroxylation sites is 2.